The van der Waals surface area contributed by atoms with E-state index in [1.807, 2.05) is 30.3 Å². The van der Waals surface area contributed by atoms with Gasteiger partial charge in [-0.3, -0.25) is 9.78 Å². The van der Waals surface area contributed by atoms with Crippen molar-refractivity contribution in [3.05, 3.63) is 30.1 Å². The van der Waals surface area contributed by atoms with Crippen molar-refractivity contribution in [1.29, 1.82) is 0 Å². The van der Waals surface area contributed by atoms with E-state index in [0.29, 0.717) is 18.6 Å². The number of amides is 1. The Balaban J connectivity index is 1.62. The average molecular weight is 303 g/mol. The number of hydrogen-bond acceptors (Lipinski definition) is 4. The van der Waals surface area contributed by atoms with Crippen molar-refractivity contribution in [2.24, 2.45) is 0 Å². The summed E-state index contributed by atoms with van der Waals surface area (Å²) in [6.07, 6.45) is 6.90. The van der Waals surface area contributed by atoms with Crippen LogP contribution >= 0.6 is 0 Å². The highest BCUT2D eigenvalue weighted by Crippen LogP contribution is 2.34. The van der Waals surface area contributed by atoms with Crippen LogP contribution in [0, 0.1) is 0 Å². The maximum absolute atomic E-state index is 12.1. The van der Waals surface area contributed by atoms with Gasteiger partial charge in [-0.1, -0.05) is 6.07 Å². The van der Waals surface area contributed by atoms with Crippen molar-refractivity contribution in [2.75, 3.05) is 7.05 Å². The van der Waals surface area contributed by atoms with E-state index in [1.165, 1.54) is 0 Å². The SMILES string of the molecule is CC(C)OC1CC(N[C@@H]2CC(=O)N(C)[C@H]2c2cccnc2)C1. The lowest BCUT2D eigenvalue weighted by Crippen LogP contribution is -2.51. The van der Waals surface area contributed by atoms with Crippen LogP contribution in [0.15, 0.2) is 24.5 Å². The van der Waals surface area contributed by atoms with Gasteiger partial charge in [0, 0.05) is 37.9 Å². The fraction of sp³-hybridized carbons (Fsp3) is 0.647. The Labute approximate surface area is 132 Å². The molecule has 0 bridgehead atoms. The predicted molar refractivity (Wildman–Crippen MR) is 84.3 cm³/mol. The highest BCUT2D eigenvalue weighted by atomic mass is 16.5. The van der Waals surface area contributed by atoms with E-state index in [-0.39, 0.29) is 24.1 Å². The van der Waals surface area contributed by atoms with E-state index < -0.39 is 0 Å². The standard InChI is InChI=1S/C17H25N3O2/c1-11(2)22-14-7-13(8-14)19-15-9-16(21)20(3)17(15)12-5-4-6-18-10-12/h4-6,10-11,13-15,17,19H,7-9H2,1-3H3/t13?,14?,15-,17+/m1/s1. The minimum Gasteiger partial charge on any atom is -0.375 e. The molecule has 120 valence electrons. The maximum atomic E-state index is 12.1. The molecule has 2 heterocycles. The second-order valence-electron chi connectivity index (χ2n) is 6.69. The zero-order valence-corrected chi connectivity index (χ0v) is 13.5. The number of hydrogen-bond donors (Lipinski definition) is 1. The molecular formula is C17H25N3O2. The van der Waals surface area contributed by atoms with Crippen molar-refractivity contribution in [2.45, 2.75) is 63.4 Å². The van der Waals surface area contributed by atoms with Gasteiger partial charge in [0.15, 0.2) is 0 Å². The summed E-state index contributed by atoms with van der Waals surface area (Å²) >= 11 is 0. The van der Waals surface area contributed by atoms with Crippen molar-refractivity contribution in [1.82, 2.24) is 15.2 Å². The Kier molecular flexibility index (Phi) is 4.45. The lowest BCUT2D eigenvalue weighted by atomic mass is 9.87. The Morgan fingerprint density at radius 3 is 2.82 bits per heavy atom. The summed E-state index contributed by atoms with van der Waals surface area (Å²) in [7, 11) is 1.88. The van der Waals surface area contributed by atoms with Crippen LogP contribution in [0.4, 0.5) is 0 Å². The van der Waals surface area contributed by atoms with E-state index >= 15 is 0 Å². The van der Waals surface area contributed by atoms with Gasteiger partial charge in [-0.05, 0) is 38.3 Å². The minimum atomic E-state index is 0.0752. The fourth-order valence-corrected chi connectivity index (χ4v) is 3.53. The highest BCUT2D eigenvalue weighted by molar-refractivity contribution is 5.80. The number of aromatic nitrogens is 1. The number of likely N-dealkylation sites (tertiary alicyclic amines) is 1. The summed E-state index contributed by atoms with van der Waals surface area (Å²) in [4.78, 5) is 18.1. The van der Waals surface area contributed by atoms with Crippen LogP contribution in [0.1, 0.15) is 44.7 Å². The molecule has 22 heavy (non-hydrogen) atoms. The first-order chi connectivity index (χ1) is 10.5. The molecule has 1 aliphatic carbocycles. The molecule has 0 unspecified atom stereocenters. The summed E-state index contributed by atoms with van der Waals surface area (Å²) < 4.78 is 5.81. The van der Waals surface area contributed by atoms with Crippen LogP contribution in [0.25, 0.3) is 0 Å². The van der Waals surface area contributed by atoms with Gasteiger partial charge in [0.25, 0.3) is 0 Å². The van der Waals surface area contributed by atoms with Crippen LogP contribution in [0.3, 0.4) is 0 Å². The van der Waals surface area contributed by atoms with Gasteiger partial charge in [-0.2, -0.15) is 0 Å². The van der Waals surface area contributed by atoms with Crippen LogP contribution in [0.5, 0.6) is 0 Å². The molecule has 1 N–H and O–H groups in total. The summed E-state index contributed by atoms with van der Waals surface area (Å²) in [5.74, 6) is 0.195. The molecule has 0 radical (unpaired) electrons. The molecule has 1 aromatic rings. The smallest absolute Gasteiger partial charge is 0.224 e. The second-order valence-corrected chi connectivity index (χ2v) is 6.69. The first-order valence-electron chi connectivity index (χ1n) is 8.11. The number of ether oxygens (including phenoxy) is 1. The van der Waals surface area contributed by atoms with Crippen molar-refractivity contribution in [3.63, 3.8) is 0 Å². The second kappa shape index (κ2) is 6.34. The van der Waals surface area contributed by atoms with Gasteiger partial charge in [0.1, 0.15) is 0 Å². The van der Waals surface area contributed by atoms with E-state index in [4.69, 9.17) is 4.74 Å². The summed E-state index contributed by atoms with van der Waals surface area (Å²) in [6, 6.07) is 4.66. The zero-order valence-electron chi connectivity index (χ0n) is 13.5. The monoisotopic (exact) mass is 303 g/mol. The van der Waals surface area contributed by atoms with Crippen LogP contribution < -0.4 is 5.32 Å². The Morgan fingerprint density at radius 1 is 1.41 bits per heavy atom. The van der Waals surface area contributed by atoms with Gasteiger partial charge in [-0.15, -0.1) is 0 Å². The molecule has 0 aromatic carbocycles. The van der Waals surface area contributed by atoms with Crippen LogP contribution in [-0.2, 0) is 9.53 Å². The summed E-state index contributed by atoms with van der Waals surface area (Å²) in [6.45, 7) is 4.15. The number of nitrogens with zero attached hydrogens (tertiary/aromatic N) is 2. The molecule has 1 saturated heterocycles. The predicted octanol–water partition coefficient (Wildman–Crippen LogP) is 1.90. The summed E-state index contributed by atoms with van der Waals surface area (Å²) in [5, 5.41) is 3.66. The van der Waals surface area contributed by atoms with E-state index in [9.17, 15) is 4.79 Å². The molecule has 2 aliphatic rings. The Bertz CT molecular complexity index is 514. The van der Waals surface area contributed by atoms with Gasteiger partial charge >= 0.3 is 0 Å². The van der Waals surface area contributed by atoms with Gasteiger partial charge in [0.05, 0.1) is 18.2 Å². The fourth-order valence-electron chi connectivity index (χ4n) is 3.53. The average Bonchev–Trinajstić information content (AvgIpc) is 2.72. The maximum Gasteiger partial charge on any atom is 0.224 e. The number of carbonyl (C=O) groups excluding carboxylic acids is 1. The van der Waals surface area contributed by atoms with Gasteiger partial charge in [0.2, 0.25) is 5.91 Å². The topological polar surface area (TPSA) is 54.5 Å². The zero-order chi connectivity index (χ0) is 15.7. The van der Waals surface area contributed by atoms with Crippen molar-refractivity contribution in [3.8, 4) is 0 Å². The largest absolute Gasteiger partial charge is 0.375 e. The Morgan fingerprint density at radius 2 is 2.18 bits per heavy atom. The lowest BCUT2D eigenvalue weighted by molar-refractivity contribution is -0.127. The normalized spacial score (nSPS) is 31.6. The third-order valence-electron chi connectivity index (χ3n) is 4.62. The number of pyridine rings is 1. The quantitative estimate of drug-likeness (QED) is 0.902. The van der Waals surface area contributed by atoms with Gasteiger partial charge < -0.3 is 15.0 Å². The molecule has 2 atom stereocenters. The first kappa shape index (κ1) is 15.4. The first-order valence-corrected chi connectivity index (χ1v) is 8.11. The van der Waals surface area contributed by atoms with Gasteiger partial charge in [-0.25, -0.2) is 0 Å². The van der Waals surface area contributed by atoms with E-state index in [1.54, 1.807) is 6.20 Å². The molecule has 5 heteroatoms. The number of nitrogens with one attached hydrogen (secondary N) is 1. The molecule has 1 amide bonds. The lowest BCUT2D eigenvalue weighted by Gasteiger charge is -2.39. The van der Waals surface area contributed by atoms with Crippen LogP contribution in [-0.4, -0.2) is 47.1 Å². The van der Waals surface area contributed by atoms with Crippen LogP contribution in [0.2, 0.25) is 0 Å². The van der Waals surface area contributed by atoms with Crippen molar-refractivity contribution >= 4 is 5.91 Å². The number of rotatable bonds is 5. The summed E-state index contributed by atoms with van der Waals surface area (Å²) in [5.41, 5.74) is 1.10. The molecule has 1 aliphatic heterocycles. The van der Waals surface area contributed by atoms with Crippen molar-refractivity contribution < 1.29 is 9.53 Å². The molecule has 1 saturated carbocycles. The highest BCUT2D eigenvalue weighted by Gasteiger charge is 2.41. The minimum absolute atomic E-state index is 0.0752. The molecule has 2 fully saturated rings. The molecule has 1 aromatic heterocycles. The number of carbonyl (C=O) groups is 1. The van der Waals surface area contributed by atoms with E-state index in [0.717, 1.165) is 18.4 Å². The molecule has 5 nitrogen and oxygen atoms in total. The molecule has 3 rings (SSSR count). The molecule has 0 spiro atoms. The third kappa shape index (κ3) is 3.15. The number of likely N-dealkylation sites (N-methyl/N-ethyl adjacent to an activating group) is 1. The third-order valence-corrected chi connectivity index (χ3v) is 4.62. The van der Waals surface area contributed by atoms with E-state index in [2.05, 4.69) is 24.1 Å². The Hall–Kier alpha value is -1.46. The molecular weight excluding hydrogens is 278 g/mol.